The van der Waals surface area contributed by atoms with Crippen molar-refractivity contribution in [1.29, 1.82) is 0 Å². The summed E-state index contributed by atoms with van der Waals surface area (Å²) in [5, 5.41) is 12.3. The average molecular weight is 269 g/mol. The summed E-state index contributed by atoms with van der Waals surface area (Å²) in [6.07, 6.45) is 3.04. The van der Waals surface area contributed by atoms with Crippen LogP contribution in [-0.4, -0.2) is 35.7 Å². The lowest BCUT2D eigenvalue weighted by Gasteiger charge is -2.26. The molecule has 0 aromatic heterocycles. The van der Waals surface area contributed by atoms with E-state index in [9.17, 15) is 14.7 Å². The van der Waals surface area contributed by atoms with Crippen molar-refractivity contribution in [1.82, 2.24) is 5.32 Å². The van der Waals surface area contributed by atoms with Gasteiger partial charge < -0.3 is 15.2 Å². The largest absolute Gasteiger partial charge is 0.481 e. The molecule has 1 saturated heterocycles. The Morgan fingerprint density at radius 1 is 1.37 bits per heavy atom. The molecule has 0 aromatic rings. The molecular weight excluding hydrogens is 246 g/mol. The normalized spacial score (nSPS) is 38.3. The molecule has 2 unspecified atom stereocenters. The summed E-state index contributed by atoms with van der Waals surface area (Å²) in [4.78, 5) is 23.6. The molecule has 1 amide bonds. The highest BCUT2D eigenvalue weighted by Crippen LogP contribution is 2.39. The van der Waals surface area contributed by atoms with E-state index in [1.807, 2.05) is 6.92 Å². The van der Waals surface area contributed by atoms with Crippen LogP contribution in [0.3, 0.4) is 0 Å². The van der Waals surface area contributed by atoms with Gasteiger partial charge in [0.25, 0.3) is 0 Å². The van der Waals surface area contributed by atoms with E-state index in [2.05, 4.69) is 12.2 Å². The summed E-state index contributed by atoms with van der Waals surface area (Å²) in [5.41, 5.74) is -0.329. The first-order valence-electron chi connectivity index (χ1n) is 7.08. The molecule has 19 heavy (non-hydrogen) atoms. The highest BCUT2D eigenvalue weighted by Gasteiger charge is 2.44. The lowest BCUT2D eigenvalue weighted by Crippen LogP contribution is -2.49. The summed E-state index contributed by atoms with van der Waals surface area (Å²) in [7, 11) is 0. The summed E-state index contributed by atoms with van der Waals surface area (Å²) in [5.74, 6) is -1.53. The molecule has 0 aromatic carbocycles. The van der Waals surface area contributed by atoms with Crippen molar-refractivity contribution in [3.05, 3.63) is 0 Å². The predicted octanol–water partition coefficient (Wildman–Crippen LogP) is 1.42. The molecule has 5 heteroatoms. The van der Waals surface area contributed by atoms with E-state index in [0.717, 1.165) is 12.8 Å². The Hall–Kier alpha value is -1.10. The minimum absolute atomic E-state index is 0.114. The van der Waals surface area contributed by atoms with Crippen molar-refractivity contribution in [3.63, 3.8) is 0 Å². The highest BCUT2D eigenvalue weighted by atomic mass is 16.5. The number of carbonyl (C=O) groups is 2. The van der Waals surface area contributed by atoms with E-state index in [-0.39, 0.29) is 17.4 Å². The Morgan fingerprint density at radius 2 is 2.05 bits per heavy atom. The molecule has 108 valence electrons. The van der Waals surface area contributed by atoms with Gasteiger partial charge in [-0.15, -0.1) is 0 Å². The van der Waals surface area contributed by atoms with E-state index in [1.165, 1.54) is 0 Å². The molecule has 0 spiro atoms. The number of rotatable bonds is 4. The van der Waals surface area contributed by atoms with Crippen LogP contribution >= 0.6 is 0 Å². The van der Waals surface area contributed by atoms with Gasteiger partial charge in [0.1, 0.15) is 0 Å². The van der Waals surface area contributed by atoms with E-state index < -0.39 is 11.9 Å². The van der Waals surface area contributed by atoms with Crippen LogP contribution in [0, 0.1) is 17.8 Å². The molecule has 0 radical (unpaired) electrons. The number of amides is 1. The molecule has 1 aliphatic carbocycles. The number of carboxylic acids is 1. The van der Waals surface area contributed by atoms with Gasteiger partial charge in [0, 0.05) is 6.61 Å². The van der Waals surface area contributed by atoms with Crippen LogP contribution in [0.2, 0.25) is 0 Å². The van der Waals surface area contributed by atoms with E-state index in [0.29, 0.717) is 32.0 Å². The van der Waals surface area contributed by atoms with Gasteiger partial charge in [-0.2, -0.15) is 0 Å². The standard InChI is InChI=1S/C14H23NO4/c1-3-9-6-10(11(7-9)13(17)18)12(16)15-14(2)4-5-19-8-14/h9-11H,3-8H2,1-2H3,(H,15,16)(H,17,18)/t9?,10-,11+,14?/m0/s1. The number of aliphatic carboxylic acids is 1. The highest BCUT2D eigenvalue weighted by molar-refractivity contribution is 5.85. The van der Waals surface area contributed by atoms with Crippen LogP contribution in [-0.2, 0) is 14.3 Å². The molecule has 1 saturated carbocycles. The SMILES string of the molecule is CCC1C[C@H](C(=O)NC2(C)CCOC2)[C@H](C(=O)O)C1. The Bertz CT molecular complexity index is 362. The summed E-state index contributed by atoms with van der Waals surface area (Å²) in [6, 6.07) is 0. The summed E-state index contributed by atoms with van der Waals surface area (Å²) in [6.45, 7) is 5.18. The fourth-order valence-corrected chi connectivity index (χ4v) is 3.19. The number of hydrogen-bond donors (Lipinski definition) is 2. The van der Waals surface area contributed by atoms with Crippen LogP contribution in [0.5, 0.6) is 0 Å². The molecule has 2 fully saturated rings. The van der Waals surface area contributed by atoms with Crippen molar-refractivity contribution in [3.8, 4) is 0 Å². The smallest absolute Gasteiger partial charge is 0.307 e. The van der Waals surface area contributed by atoms with Gasteiger partial charge in [-0.05, 0) is 32.1 Å². The maximum atomic E-state index is 12.4. The van der Waals surface area contributed by atoms with Crippen LogP contribution in [0.15, 0.2) is 0 Å². The zero-order chi connectivity index (χ0) is 14.0. The van der Waals surface area contributed by atoms with Gasteiger partial charge >= 0.3 is 5.97 Å². The molecule has 2 N–H and O–H groups in total. The van der Waals surface area contributed by atoms with Crippen LogP contribution in [0.1, 0.15) is 39.5 Å². The third-order valence-corrected chi connectivity index (χ3v) is 4.54. The van der Waals surface area contributed by atoms with Gasteiger partial charge in [0.05, 0.1) is 24.0 Å². The van der Waals surface area contributed by atoms with Crippen molar-refractivity contribution in [2.75, 3.05) is 13.2 Å². The van der Waals surface area contributed by atoms with Crippen molar-refractivity contribution in [2.45, 2.75) is 45.1 Å². The van der Waals surface area contributed by atoms with E-state index >= 15 is 0 Å². The second-order valence-electron chi connectivity index (χ2n) is 6.15. The van der Waals surface area contributed by atoms with Gasteiger partial charge in [-0.1, -0.05) is 13.3 Å². The zero-order valence-electron chi connectivity index (χ0n) is 11.6. The fraction of sp³-hybridized carbons (Fsp3) is 0.857. The first-order valence-corrected chi connectivity index (χ1v) is 7.08. The summed E-state index contributed by atoms with van der Waals surface area (Å²) >= 11 is 0. The maximum Gasteiger partial charge on any atom is 0.307 e. The number of hydrogen-bond acceptors (Lipinski definition) is 3. The Kier molecular flexibility index (Phi) is 4.13. The minimum atomic E-state index is -0.844. The maximum absolute atomic E-state index is 12.4. The molecule has 2 aliphatic rings. The third-order valence-electron chi connectivity index (χ3n) is 4.54. The Balaban J connectivity index is 2.02. The van der Waals surface area contributed by atoms with Crippen molar-refractivity contribution in [2.24, 2.45) is 17.8 Å². The third kappa shape index (κ3) is 3.08. The molecule has 1 heterocycles. The first-order chi connectivity index (χ1) is 8.95. The summed E-state index contributed by atoms with van der Waals surface area (Å²) < 4.78 is 5.31. The van der Waals surface area contributed by atoms with Crippen molar-refractivity contribution < 1.29 is 19.4 Å². The minimum Gasteiger partial charge on any atom is -0.481 e. The lowest BCUT2D eigenvalue weighted by molar-refractivity contribution is -0.146. The zero-order valence-corrected chi connectivity index (χ0v) is 11.6. The van der Waals surface area contributed by atoms with Gasteiger partial charge in [0.15, 0.2) is 0 Å². The first kappa shape index (κ1) is 14.3. The fourth-order valence-electron chi connectivity index (χ4n) is 3.19. The van der Waals surface area contributed by atoms with Gasteiger partial charge in [0.2, 0.25) is 5.91 Å². The average Bonchev–Trinajstić information content (AvgIpc) is 2.95. The molecule has 2 rings (SSSR count). The van der Waals surface area contributed by atoms with Gasteiger partial charge in [-0.25, -0.2) is 0 Å². The Labute approximate surface area is 113 Å². The van der Waals surface area contributed by atoms with Crippen molar-refractivity contribution >= 4 is 11.9 Å². The predicted molar refractivity (Wildman–Crippen MR) is 69.6 cm³/mol. The van der Waals surface area contributed by atoms with Crippen LogP contribution in [0.25, 0.3) is 0 Å². The molecule has 5 nitrogen and oxygen atoms in total. The van der Waals surface area contributed by atoms with Crippen LogP contribution in [0.4, 0.5) is 0 Å². The topological polar surface area (TPSA) is 75.6 Å². The van der Waals surface area contributed by atoms with E-state index in [4.69, 9.17) is 4.74 Å². The number of ether oxygens (including phenoxy) is 1. The Morgan fingerprint density at radius 3 is 2.58 bits per heavy atom. The number of nitrogens with one attached hydrogen (secondary N) is 1. The lowest BCUT2D eigenvalue weighted by atomic mass is 9.93. The van der Waals surface area contributed by atoms with E-state index in [1.54, 1.807) is 0 Å². The molecule has 4 atom stereocenters. The molecule has 0 bridgehead atoms. The monoisotopic (exact) mass is 269 g/mol. The number of carboxylic acid groups (broad SMARTS) is 1. The van der Waals surface area contributed by atoms with Gasteiger partial charge in [-0.3, -0.25) is 9.59 Å². The number of carbonyl (C=O) groups excluding carboxylic acids is 1. The quantitative estimate of drug-likeness (QED) is 0.809. The van der Waals surface area contributed by atoms with Crippen LogP contribution < -0.4 is 5.32 Å². The second-order valence-corrected chi connectivity index (χ2v) is 6.15. The second kappa shape index (κ2) is 5.49. The molecule has 1 aliphatic heterocycles. The molecular formula is C14H23NO4.